The van der Waals surface area contributed by atoms with Crippen LogP contribution in [-0.4, -0.2) is 12.6 Å². The van der Waals surface area contributed by atoms with E-state index in [0.717, 1.165) is 13.0 Å². The largest absolute Gasteiger partial charge is 0.328 e. The average Bonchev–Trinajstić information content (AvgIpc) is 2.53. The zero-order valence-corrected chi connectivity index (χ0v) is 12.6. The Balaban J connectivity index is 1.83. The second-order valence-corrected chi connectivity index (χ2v) is 7.97. The zero-order valence-electron chi connectivity index (χ0n) is 12.6. The van der Waals surface area contributed by atoms with Gasteiger partial charge in [-0.05, 0) is 24.0 Å². The molecule has 20 heavy (non-hydrogen) atoms. The molecule has 0 amide bonds. The summed E-state index contributed by atoms with van der Waals surface area (Å²) in [5, 5.41) is 0. The second kappa shape index (κ2) is 4.52. The third-order valence-corrected chi connectivity index (χ3v) is 5.14. The van der Waals surface area contributed by atoms with Crippen molar-refractivity contribution in [3.8, 4) is 0 Å². The highest BCUT2D eigenvalue weighted by Crippen LogP contribution is 2.47. The molecule has 3 heteroatoms. The van der Waals surface area contributed by atoms with Crippen LogP contribution in [0.15, 0.2) is 18.2 Å². The predicted molar refractivity (Wildman–Crippen MR) is 75.4 cm³/mol. The van der Waals surface area contributed by atoms with Crippen LogP contribution in [-0.2, 0) is 6.54 Å². The molecule has 1 saturated heterocycles. The summed E-state index contributed by atoms with van der Waals surface area (Å²) in [5.74, 6) is -0.799. The zero-order chi connectivity index (χ0) is 14.5. The quantitative estimate of drug-likeness (QED) is 0.849. The van der Waals surface area contributed by atoms with Crippen molar-refractivity contribution in [2.24, 2.45) is 10.8 Å². The van der Waals surface area contributed by atoms with Gasteiger partial charge in [0.1, 0.15) is 18.2 Å². The Morgan fingerprint density at radius 1 is 1.15 bits per heavy atom. The van der Waals surface area contributed by atoms with Crippen molar-refractivity contribution in [2.75, 3.05) is 6.54 Å². The van der Waals surface area contributed by atoms with E-state index in [1.165, 1.54) is 35.9 Å². The van der Waals surface area contributed by atoms with Crippen LogP contribution < -0.4 is 4.90 Å². The molecular formula is C17H24F2N+. The minimum absolute atomic E-state index is 0.261. The number of halogens is 2. The SMILES string of the molecule is CC1(C)C[C@H]2C[C@](C)(C[NH+]2Cc2c(F)cccc2F)C1. The first-order valence-corrected chi connectivity index (χ1v) is 7.56. The van der Waals surface area contributed by atoms with Crippen molar-refractivity contribution in [2.45, 2.75) is 52.6 Å². The fourth-order valence-corrected chi connectivity index (χ4v) is 4.88. The van der Waals surface area contributed by atoms with Gasteiger partial charge in [-0.25, -0.2) is 8.78 Å². The third kappa shape index (κ3) is 2.48. The molecule has 1 nitrogen and oxygen atoms in total. The van der Waals surface area contributed by atoms with Gasteiger partial charge in [-0.15, -0.1) is 0 Å². The van der Waals surface area contributed by atoms with Gasteiger partial charge in [0.15, 0.2) is 0 Å². The van der Waals surface area contributed by atoms with E-state index in [9.17, 15) is 8.78 Å². The molecule has 2 aliphatic rings. The van der Waals surface area contributed by atoms with Crippen LogP contribution in [0.2, 0.25) is 0 Å². The monoisotopic (exact) mass is 280 g/mol. The fourth-order valence-electron chi connectivity index (χ4n) is 4.88. The Kier molecular flexibility index (Phi) is 3.16. The molecule has 2 fully saturated rings. The minimum atomic E-state index is -0.400. The summed E-state index contributed by atoms with van der Waals surface area (Å²) in [4.78, 5) is 1.36. The van der Waals surface area contributed by atoms with Crippen LogP contribution in [0.5, 0.6) is 0 Å². The molecule has 0 aromatic heterocycles. The van der Waals surface area contributed by atoms with Gasteiger partial charge in [0, 0.05) is 18.3 Å². The lowest BCUT2D eigenvalue weighted by molar-refractivity contribution is -0.928. The fraction of sp³-hybridized carbons (Fsp3) is 0.647. The molecule has 1 aromatic rings. The topological polar surface area (TPSA) is 4.44 Å². The first kappa shape index (κ1) is 14.0. The molecule has 110 valence electrons. The standard InChI is InChI=1S/C17H23F2N/c1-16(2)7-12-8-17(3,10-16)11-20(12)9-13-14(18)5-4-6-15(13)19/h4-6,12H,7-11H2,1-3H3/p+1/t12-,17-/m0/s1. The highest BCUT2D eigenvalue weighted by atomic mass is 19.1. The number of hydrogen-bond donors (Lipinski definition) is 1. The normalized spacial score (nSPS) is 35.2. The molecule has 1 N–H and O–H groups in total. The Labute approximate surface area is 120 Å². The van der Waals surface area contributed by atoms with Gasteiger partial charge < -0.3 is 4.90 Å². The molecular weight excluding hydrogens is 256 g/mol. The Bertz CT molecular complexity index is 505. The lowest BCUT2D eigenvalue weighted by atomic mass is 9.65. The maximum Gasteiger partial charge on any atom is 0.135 e. The van der Waals surface area contributed by atoms with E-state index >= 15 is 0 Å². The van der Waals surface area contributed by atoms with Gasteiger partial charge in [-0.3, -0.25) is 0 Å². The van der Waals surface area contributed by atoms with Crippen LogP contribution in [0, 0.1) is 22.5 Å². The first-order valence-electron chi connectivity index (χ1n) is 7.56. The van der Waals surface area contributed by atoms with E-state index < -0.39 is 11.6 Å². The van der Waals surface area contributed by atoms with Crippen LogP contribution in [0.4, 0.5) is 8.78 Å². The molecule has 0 radical (unpaired) electrons. The van der Waals surface area contributed by atoms with E-state index in [0.29, 0.717) is 23.4 Å². The van der Waals surface area contributed by atoms with Crippen molar-refractivity contribution in [3.05, 3.63) is 35.4 Å². The van der Waals surface area contributed by atoms with E-state index in [4.69, 9.17) is 0 Å². The minimum Gasteiger partial charge on any atom is -0.328 e. The molecule has 3 atom stereocenters. The van der Waals surface area contributed by atoms with Crippen molar-refractivity contribution >= 4 is 0 Å². The summed E-state index contributed by atoms with van der Waals surface area (Å²) in [6.07, 6.45) is 3.58. The Hall–Kier alpha value is -0.960. The molecule has 2 bridgehead atoms. The number of quaternary nitrogens is 1. The second-order valence-electron chi connectivity index (χ2n) is 7.97. The van der Waals surface area contributed by atoms with E-state index in [1.807, 2.05) is 0 Å². The lowest BCUT2D eigenvalue weighted by Gasteiger charge is -2.37. The lowest BCUT2D eigenvalue weighted by Crippen LogP contribution is -3.12. The van der Waals surface area contributed by atoms with Gasteiger partial charge >= 0.3 is 0 Å². The van der Waals surface area contributed by atoms with Crippen molar-refractivity contribution in [3.63, 3.8) is 0 Å². The Morgan fingerprint density at radius 2 is 1.80 bits per heavy atom. The average molecular weight is 280 g/mol. The highest BCUT2D eigenvalue weighted by Gasteiger charge is 2.52. The smallest absolute Gasteiger partial charge is 0.135 e. The number of hydrogen-bond acceptors (Lipinski definition) is 0. The predicted octanol–water partition coefficient (Wildman–Crippen LogP) is 2.95. The molecule has 3 rings (SSSR count). The third-order valence-electron chi connectivity index (χ3n) is 5.14. The first-order chi connectivity index (χ1) is 9.28. The maximum atomic E-state index is 13.8. The maximum absolute atomic E-state index is 13.8. The molecule has 1 unspecified atom stereocenters. The van der Waals surface area contributed by atoms with Crippen molar-refractivity contribution in [1.82, 2.24) is 0 Å². The van der Waals surface area contributed by atoms with Gasteiger partial charge in [0.25, 0.3) is 0 Å². The van der Waals surface area contributed by atoms with Crippen LogP contribution >= 0.6 is 0 Å². The van der Waals surface area contributed by atoms with Crippen LogP contribution in [0.1, 0.15) is 45.6 Å². The number of nitrogens with one attached hydrogen (secondary N) is 1. The number of rotatable bonds is 2. The highest BCUT2D eigenvalue weighted by molar-refractivity contribution is 5.18. The van der Waals surface area contributed by atoms with Crippen molar-refractivity contribution in [1.29, 1.82) is 0 Å². The summed E-state index contributed by atoms with van der Waals surface area (Å²) < 4.78 is 27.7. The van der Waals surface area contributed by atoms with Gasteiger partial charge in [0.2, 0.25) is 0 Å². The summed E-state index contributed by atoms with van der Waals surface area (Å²) in [5.41, 5.74) is 0.952. The summed E-state index contributed by atoms with van der Waals surface area (Å²) in [7, 11) is 0. The Morgan fingerprint density at radius 3 is 2.45 bits per heavy atom. The molecule has 1 heterocycles. The number of likely N-dealkylation sites (tertiary alicyclic amines) is 1. The van der Waals surface area contributed by atoms with E-state index in [-0.39, 0.29) is 5.56 Å². The molecule has 1 aromatic carbocycles. The van der Waals surface area contributed by atoms with Crippen LogP contribution in [0.25, 0.3) is 0 Å². The molecule has 1 aliphatic carbocycles. The van der Waals surface area contributed by atoms with Gasteiger partial charge in [-0.2, -0.15) is 0 Å². The summed E-state index contributed by atoms with van der Waals surface area (Å²) in [6.45, 7) is 8.50. The van der Waals surface area contributed by atoms with Crippen molar-refractivity contribution < 1.29 is 13.7 Å². The molecule has 1 aliphatic heterocycles. The molecule has 0 spiro atoms. The summed E-state index contributed by atoms with van der Waals surface area (Å²) >= 11 is 0. The molecule has 1 saturated carbocycles. The van der Waals surface area contributed by atoms with E-state index in [2.05, 4.69) is 20.8 Å². The van der Waals surface area contributed by atoms with Gasteiger partial charge in [0.05, 0.1) is 18.2 Å². The van der Waals surface area contributed by atoms with E-state index in [1.54, 1.807) is 0 Å². The van der Waals surface area contributed by atoms with Gasteiger partial charge in [-0.1, -0.05) is 26.8 Å². The number of fused-ring (bicyclic) bond motifs is 2. The number of benzene rings is 1. The van der Waals surface area contributed by atoms with Crippen LogP contribution in [0.3, 0.4) is 0 Å². The summed E-state index contributed by atoms with van der Waals surface area (Å²) in [6, 6.07) is 4.72.